The molecule has 0 bridgehead atoms. The van der Waals surface area contributed by atoms with Crippen LogP contribution in [-0.4, -0.2) is 59.4 Å². The van der Waals surface area contributed by atoms with Crippen molar-refractivity contribution in [3.63, 3.8) is 0 Å². The maximum atomic E-state index is 12.8. The fourth-order valence-corrected chi connectivity index (χ4v) is 5.26. The molecular weight excluding hydrogens is 371 g/mol. The minimum absolute atomic E-state index is 0.0665. The van der Waals surface area contributed by atoms with Gasteiger partial charge in [0.1, 0.15) is 17.8 Å². The van der Waals surface area contributed by atoms with E-state index in [2.05, 4.69) is 15.0 Å². The van der Waals surface area contributed by atoms with Gasteiger partial charge in [0, 0.05) is 32.4 Å². The number of aromatic nitrogens is 3. The van der Waals surface area contributed by atoms with Crippen molar-refractivity contribution in [2.75, 3.05) is 25.0 Å². The van der Waals surface area contributed by atoms with Gasteiger partial charge in [0.25, 0.3) is 0 Å². The molecule has 2 aliphatic rings. The number of rotatable bonds is 3. The molecule has 1 aliphatic heterocycles. The zero-order valence-electron chi connectivity index (χ0n) is 13.9. The molecule has 26 heavy (non-hydrogen) atoms. The van der Waals surface area contributed by atoms with Crippen LogP contribution in [0.2, 0.25) is 0 Å². The van der Waals surface area contributed by atoms with Crippen LogP contribution in [0, 0.1) is 11.8 Å². The Morgan fingerprint density at radius 1 is 1.23 bits per heavy atom. The van der Waals surface area contributed by atoms with Crippen molar-refractivity contribution in [2.24, 2.45) is 11.8 Å². The van der Waals surface area contributed by atoms with Crippen LogP contribution in [0.1, 0.15) is 12.8 Å². The summed E-state index contributed by atoms with van der Waals surface area (Å²) in [7, 11) is -3.33. The smallest absolute Gasteiger partial charge is 0.356 e. The number of anilines is 1. The third-order valence-electron chi connectivity index (χ3n) is 5.54. The molecule has 0 amide bonds. The van der Waals surface area contributed by atoms with Gasteiger partial charge in [-0.15, -0.1) is 0 Å². The quantitative estimate of drug-likeness (QED) is 0.868. The second kappa shape index (κ2) is 5.81. The van der Waals surface area contributed by atoms with Crippen molar-refractivity contribution < 1.29 is 21.6 Å². The fraction of sp³-hybridized carbons (Fsp3) is 0.600. The van der Waals surface area contributed by atoms with Gasteiger partial charge >= 0.3 is 15.5 Å². The summed E-state index contributed by atoms with van der Waals surface area (Å²) in [4.78, 5) is 13.5. The molecule has 2 aromatic heterocycles. The summed E-state index contributed by atoms with van der Waals surface area (Å²) in [5, 5.41) is 0.883. The van der Waals surface area contributed by atoms with Crippen molar-refractivity contribution >= 4 is 26.9 Å². The average molecular weight is 389 g/mol. The second-order valence-corrected chi connectivity index (χ2v) is 8.89. The Balaban J connectivity index is 1.49. The number of fused-ring (bicyclic) bond motifs is 2. The molecule has 11 heteroatoms. The third-order valence-corrected chi connectivity index (χ3v) is 7.10. The minimum Gasteiger partial charge on any atom is -0.356 e. The summed E-state index contributed by atoms with van der Waals surface area (Å²) in [6.45, 7) is -0.139. The van der Waals surface area contributed by atoms with Crippen LogP contribution >= 0.6 is 0 Å². The van der Waals surface area contributed by atoms with Gasteiger partial charge in [-0.05, 0) is 30.7 Å². The number of halogens is 3. The molecule has 0 radical (unpaired) electrons. The lowest BCUT2D eigenvalue weighted by atomic mass is 10.0. The molecule has 2 aromatic rings. The topological polar surface area (TPSA) is 82.2 Å². The molecule has 0 spiro atoms. The summed E-state index contributed by atoms with van der Waals surface area (Å²) in [5.74, 6) is 0.632. The van der Waals surface area contributed by atoms with Gasteiger partial charge in [0.2, 0.25) is 0 Å². The lowest BCUT2D eigenvalue weighted by Crippen LogP contribution is -2.40. The number of H-pyrrole nitrogens is 1. The largest absolute Gasteiger partial charge is 0.511 e. The van der Waals surface area contributed by atoms with Gasteiger partial charge in [-0.2, -0.15) is 17.5 Å². The molecule has 1 saturated heterocycles. The van der Waals surface area contributed by atoms with E-state index in [9.17, 15) is 21.6 Å². The Kier molecular flexibility index (Phi) is 3.92. The molecule has 1 saturated carbocycles. The molecule has 1 aliphatic carbocycles. The first kappa shape index (κ1) is 17.5. The number of sulfonamides is 1. The van der Waals surface area contributed by atoms with Gasteiger partial charge in [0.05, 0.1) is 5.39 Å². The summed E-state index contributed by atoms with van der Waals surface area (Å²) in [6.07, 6.45) is 4.53. The normalized spacial score (nSPS) is 27.2. The van der Waals surface area contributed by atoms with Crippen molar-refractivity contribution in [1.82, 2.24) is 19.3 Å². The summed E-state index contributed by atoms with van der Waals surface area (Å²) in [6, 6.07) is 1.99. The summed E-state index contributed by atoms with van der Waals surface area (Å²) < 4.78 is 62.1. The molecule has 2 fully saturated rings. The highest BCUT2D eigenvalue weighted by atomic mass is 32.2. The molecule has 7 nitrogen and oxygen atoms in total. The van der Waals surface area contributed by atoms with E-state index in [1.54, 1.807) is 6.20 Å². The lowest BCUT2D eigenvalue weighted by Gasteiger charge is -2.28. The molecular formula is C15H18F3N5O2S. The minimum atomic E-state index is -5.23. The summed E-state index contributed by atoms with van der Waals surface area (Å²) in [5.41, 5.74) is -4.51. The van der Waals surface area contributed by atoms with Gasteiger partial charge in [0.15, 0.2) is 0 Å². The standard InChI is InChI=1S/C15H18F3N5O2S/c1-22(14-12-2-3-19-13(12)20-8-21-14)11-4-9-6-23(7-10(9)5-11)26(24,25)15(16,17)18/h2-3,8-11H,4-7H2,1H3,(H,19,20,21)/t9-,10?,11?/m0/s1. The van der Waals surface area contributed by atoms with Crippen LogP contribution in [0.3, 0.4) is 0 Å². The van der Waals surface area contributed by atoms with Crippen LogP contribution in [0.25, 0.3) is 11.0 Å². The highest BCUT2D eigenvalue weighted by Gasteiger charge is 2.55. The Morgan fingerprint density at radius 3 is 2.50 bits per heavy atom. The van der Waals surface area contributed by atoms with E-state index < -0.39 is 15.5 Å². The molecule has 1 N–H and O–H groups in total. The Hall–Kier alpha value is -1.88. The van der Waals surface area contributed by atoms with Gasteiger partial charge in [-0.3, -0.25) is 0 Å². The highest BCUT2D eigenvalue weighted by Crippen LogP contribution is 2.43. The van der Waals surface area contributed by atoms with Crippen LogP contribution < -0.4 is 4.90 Å². The zero-order chi connectivity index (χ0) is 18.7. The van der Waals surface area contributed by atoms with E-state index in [1.807, 2.05) is 18.0 Å². The predicted octanol–water partition coefficient (Wildman–Crippen LogP) is 1.95. The SMILES string of the molecule is CN(c1ncnc2[nH]ccc12)C1CC2CN(S(=O)(=O)C(F)(F)F)C[C@@H]2C1. The number of alkyl halides is 3. The van der Waals surface area contributed by atoms with Crippen molar-refractivity contribution in [2.45, 2.75) is 24.4 Å². The van der Waals surface area contributed by atoms with Crippen molar-refractivity contribution in [3.05, 3.63) is 18.6 Å². The molecule has 0 aromatic carbocycles. The van der Waals surface area contributed by atoms with E-state index in [0.717, 1.165) is 16.9 Å². The fourth-order valence-electron chi connectivity index (χ4n) is 4.20. The van der Waals surface area contributed by atoms with Crippen molar-refractivity contribution in [1.29, 1.82) is 0 Å². The number of hydrogen-bond acceptors (Lipinski definition) is 5. The first-order valence-electron chi connectivity index (χ1n) is 8.26. The van der Waals surface area contributed by atoms with E-state index in [1.165, 1.54) is 6.33 Å². The maximum absolute atomic E-state index is 12.8. The van der Waals surface area contributed by atoms with Gasteiger partial charge in [-0.1, -0.05) is 0 Å². The highest BCUT2D eigenvalue weighted by molar-refractivity contribution is 7.90. The Bertz CT molecular complexity index is 915. The van der Waals surface area contributed by atoms with Gasteiger partial charge in [-0.25, -0.2) is 18.4 Å². The monoisotopic (exact) mass is 389 g/mol. The number of nitrogens with zero attached hydrogens (tertiary/aromatic N) is 4. The number of aromatic amines is 1. The Morgan fingerprint density at radius 2 is 1.88 bits per heavy atom. The third kappa shape index (κ3) is 2.64. The average Bonchev–Trinajstić information content (AvgIpc) is 3.26. The van der Waals surface area contributed by atoms with E-state index >= 15 is 0 Å². The first-order valence-corrected chi connectivity index (χ1v) is 9.70. The molecule has 4 rings (SSSR count). The second-order valence-electron chi connectivity index (χ2n) is 6.96. The first-order chi connectivity index (χ1) is 12.2. The van der Waals surface area contributed by atoms with Gasteiger partial charge < -0.3 is 9.88 Å². The van der Waals surface area contributed by atoms with Crippen LogP contribution in [0.15, 0.2) is 18.6 Å². The maximum Gasteiger partial charge on any atom is 0.511 e. The predicted molar refractivity (Wildman–Crippen MR) is 88.8 cm³/mol. The van der Waals surface area contributed by atoms with E-state index in [4.69, 9.17) is 0 Å². The van der Waals surface area contributed by atoms with E-state index in [-0.39, 0.29) is 31.0 Å². The summed E-state index contributed by atoms with van der Waals surface area (Å²) >= 11 is 0. The molecule has 3 atom stereocenters. The van der Waals surface area contributed by atoms with Crippen LogP contribution in [0.4, 0.5) is 19.0 Å². The van der Waals surface area contributed by atoms with E-state index in [0.29, 0.717) is 17.1 Å². The zero-order valence-corrected chi connectivity index (χ0v) is 14.8. The van der Waals surface area contributed by atoms with Crippen molar-refractivity contribution in [3.8, 4) is 0 Å². The number of nitrogens with one attached hydrogen (secondary N) is 1. The molecule has 142 valence electrons. The Labute approximate surface area is 148 Å². The molecule has 2 unspecified atom stereocenters. The molecule has 3 heterocycles. The van der Waals surface area contributed by atoms with Crippen LogP contribution in [0.5, 0.6) is 0 Å². The number of hydrogen-bond donors (Lipinski definition) is 1. The lowest BCUT2D eigenvalue weighted by molar-refractivity contribution is -0.0485. The van der Waals surface area contributed by atoms with Crippen LogP contribution in [-0.2, 0) is 10.0 Å².